The maximum Gasteiger partial charge on any atom is 0.317 e. The van der Waals surface area contributed by atoms with Gasteiger partial charge in [-0.2, -0.15) is 0 Å². The molecule has 140 valence electrons. The lowest BCUT2D eigenvalue weighted by atomic mass is 9.99. The molecule has 0 bridgehead atoms. The van der Waals surface area contributed by atoms with Gasteiger partial charge in [-0.25, -0.2) is 4.79 Å². The Balaban J connectivity index is 1.52. The molecule has 2 heterocycles. The minimum atomic E-state index is -0.0457. The minimum absolute atomic E-state index is 0.0437. The summed E-state index contributed by atoms with van der Waals surface area (Å²) in [5.41, 5.74) is 2.91. The number of carbonyl (C=O) groups is 3. The van der Waals surface area contributed by atoms with Gasteiger partial charge in [0.2, 0.25) is 11.8 Å². The molecule has 3 rings (SSSR count). The van der Waals surface area contributed by atoms with Crippen molar-refractivity contribution in [3.05, 3.63) is 29.3 Å². The molecular formula is C19H26N4O3. The second kappa shape index (κ2) is 8.21. The first-order valence-corrected chi connectivity index (χ1v) is 9.29. The zero-order valence-corrected chi connectivity index (χ0v) is 15.2. The summed E-state index contributed by atoms with van der Waals surface area (Å²) < 4.78 is 0. The standard InChI is InChI=1S/C19H26N4O3/c1-2-7-20-19(26)23-10-8-22(9-11-23)18(25)13-14-3-5-16-15(12-14)4-6-17(24)21-16/h3,5,12H,2,4,6-11,13H2,1H3,(H,20,26)(H,21,24). The van der Waals surface area contributed by atoms with Crippen molar-refractivity contribution in [3.63, 3.8) is 0 Å². The molecule has 2 aliphatic rings. The maximum absolute atomic E-state index is 12.6. The second-order valence-corrected chi connectivity index (χ2v) is 6.82. The number of rotatable bonds is 4. The first-order chi connectivity index (χ1) is 12.6. The van der Waals surface area contributed by atoms with Gasteiger partial charge in [0.05, 0.1) is 6.42 Å². The number of fused-ring (bicyclic) bond motifs is 1. The molecule has 1 fully saturated rings. The number of urea groups is 1. The lowest BCUT2D eigenvalue weighted by Gasteiger charge is -2.34. The highest BCUT2D eigenvalue weighted by atomic mass is 16.2. The van der Waals surface area contributed by atoms with Crippen molar-refractivity contribution < 1.29 is 14.4 Å². The summed E-state index contributed by atoms with van der Waals surface area (Å²) in [7, 11) is 0. The topological polar surface area (TPSA) is 81.8 Å². The number of nitrogens with zero attached hydrogens (tertiary/aromatic N) is 2. The van der Waals surface area contributed by atoms with Crippen LogP contribution in [-0.4, -0.2) is 60.4 Å². The maximum atomic E-state index is 12.6. The Bertz CT molecular complexity index is 696. The number of piperazine rings is 1. The highest BCUT2D eigenvalue weighted by Crippen LogP contribution is 2.24. The smallest absolute Gasteiger partial charge is 0.317 e. The number of benzene rings is 1. The molecule has 0 aromatic heterocycles. The lowest BCUT2D eigenvalue weighted by Crippen LogP contribution is -2.53. The van der Waals surface area contributed by atoms with Gasteiger partial charge in [0.25, 0.3) is 0 Å². The molecule has 7 nitrogen and oxygen atoms in total. The Morgan fingerprint density at radius 1 is 1.12 bits per heavy atom. The Hall–Kier alpha value is -2.57. The van der Waals surface area contributed by atoms with Gasteiger partial charge < -0.3 is 20.4 Å². The highest BCUT2D eigenvalue weighted by Gasteiger charge is 2.24. The fraction of sp³-hybridized carbons (Fsp3) is 0.526. The van der Waals surface area contributed by atoms with E-state index in [9.17, 15) is 14.4 Å². The molecule has 1 aromatic carbocycles. The van der Waals surface area contributed by atoms with Crippen LogP contribution in [0.4, 0.5) is 10.5 Å². The quantitative estimate of drug-likeness (QED) is 0.853. The molecule has 26 heavy (non-hydrogen) atoms. The van der Waals surface area contributed by atoms with Crippen LogP contribution >= 0.6 is 0 Å². The van der Waals surface area contributed by atoms with Gasteiger partial charge in [0.15, 0.2) is 0 Å². The van der Waals surface area contributed by atoms with Gasteiger partial charge in [-0.05, 0) is 30.0 Å². The number of carbonyl (C=O) groups excluding carboxylic acids is 3. The number of nitrogens with one attached hydrogen (secondary N) is 2. The van der Waals surface area contributed by atoms with Crippen molar-refractivity contribution in [1.82, 2.24) is 15.1 Å². The normalized spacial score (nSPS) is 16.7. The summed E-state index contributed by atoms with van der Waals surface area (Å²) in [5, 5.41) is 5.73. The van der Waals surface area contributed by atoms with Gasteiger partial charge in [-0.1, -0.05) is 19.1 Å². The largest absolute Gasteiger partial charge is 0.339 e. The second-order valence-electron chi connectivity index (χ2n) is 6.82. The number of hydrogen-bond acceptors (Lipinski definition) is 3. The minimum Gasteiger partial charge on any atom is -0.339 e. The Labute approximate surface area is 153 Å². The average molecular weight is 358 g/mol. The Kier molecular flexibility index (Phi) is 5.75. The number of hydrogen-bond donors (Lipinski definition) is 2. The van der Waals surface area contributed by atoms with Crippen LogP contribution in [0.3, 0.4) is 0 Å². The predicted molar refractivity (Wildman–Crippen MR) is 98.9 cm³/mol. The van der Waals surface area contributed by atoms with Crippen LogP contribution in [0.5, 0.6) is 0 Å². The molecule has 2 aliphatic heterocycles. The van der Waals surface area contributed by atoms with Crippen LogP contribution in [0.2, 0.25) is 0 Å². The summed E-state index contributed by atoms with van der Waals surface area (Å²) in [4.78, 5) is 39.6. The molecule has 7 heteroatoms. The number of anilines is 1. The molecule has 0 radical (unpaired) electrons. The first kappa shape index (κ1) is 18.2. The van der Waals surface area contributed by atoms with Crippen molar-refractivity contribution in [3.8, 4) is 0 Å². The molecule has 0 unspecified atom stereocenters. The van der Waals surface area contributed by atoms with Crippen LogP contribution in [0, 0.1) is 0 Å². The van der Waals surface area contributed by atoms with E-state index in [1.165, 1.54) is 0 Å². The first-order valence-electron chi connectivity index (χ1n) is 9.29. The fourth-order valence-corrected chi connectivity index (χ4v) is 3.34. The molecule has 2 N–H and O–H groups in total. The summed E-state index contributed by atoms with van der Waals surface area (Å²) >= 11 is 0. The van der Waals surface area contributed by atoms with Gasteiger partial charge in [-0.15, -0.1) is 0 Å². The highest BCUT2D eigenvalue weighted by molar-refractivity contribution is 5.94. The SMILES string of the molecule is CCCNC(=O)N1CCN(C(=O)Cc2ccc3c(c2)CCC(=O)N3)CC1. The van der Waals surface area contributed by atoms with Crippen molar-refractivity contribution >= 4 is 23.5 Å². The summed E-state index contributed by atoms with van der Waals surface area (Å²) in [6.45, 7) is 4.97. The zero-order chi connectivity index (χ0) is 18.5. The molecule has 1 saturated heterocycles. The van der Waals surface area contributed by atoms with E-state index < -0.39 is 0 Å². The van der Waals surface area contributed by atoms with Crippen LogP contribution in [0.1, 0.15) is 30.9 Å². The van der Waals surface area contributed by atoms with Gasteiger partial charge in [0, 0.05) is 44.8 Å². The molecule has 0 aliphatic carbocycles. The summed E-state index contributed by atoms with van der Waals surface area (Å²) in [5.74, 6) is 0.126. The number of amides is 4. The molecule has 4 amide bonds. The predicted octanol–water partition coefficient (Wildman–Crippen LogP) is 1.38. The van der Waals surface area contributed by atoms with E-state index in [4.69, 9.17) is 0 Å². The van der Waals surface area contributed by atoms with Crippen LogP contribution < -0.4 is 10.6 Å². The van der Waals surface area contributed by atoms with E-state index in [2.05, 4.69) is 10.6 Å². The Morgan fingerprint density at radius 2 is 1.85 bits per heavy atom. The molecule has 1 aromatic rings. The van der Waals surface area contributed by atoms with E-state index in [-0.39, 0.29) is 17.8 Å². The van der Waals surface area contributed by atoms with Gasteiger partial charge >= 0.3 is 6.03 Å². The van der Waals surface area contributed by atoms with Gasteiger partial charge in [0.1, 0.15) is 0 Å². The average Bonchev–Trinajstić information content (AvgIpc) is 2.66. The van der Waals surface area contributed by atoms with E-state index >= 15 is 0 Å². The third-order valence-corrected chi connectivity index (χ3v) is 4.87. The molecule has 0 spiro atoms. The van der Waals surface area contributed by atoms with Crippen LogP contribution in [-0.2, 0) is 22.4 Å². The molecule has 0 saturated carbocycles. The third-order valence-electron chi connectivity index (χ3n) is 4.87. The fourth-order valence-electron chi connectivity index (χ4n) is 3.34. The van der Waals surface area contributed by atoms with Crippen LogP contribution in [0.25, 0.3) is 0 Å². The van der Waals surface area contributed by atoms with Crippen molar-refractivity contribution in [2.24, 2.45) is 0 Å². The zero-order valence-electron chi connectivity index (χ0n) is 15.2. The summed E-state index contributed by atoms with van der Waals surface area (Å²) in [6.07, 6.45) is 2.47. The lowest BCUT2D eigenvalue weighted by molar-refractivity contribution is -0.131. The monoisotopic (exact) mass is 358 g/mol. The van der Waals surface area contributed by atoms with E-state index in [0.717, 1.165) is 29.7 Å². The van der Waals surface area contributed by atoms with Crippen molar-refractivity contribution in [1.29, 1.82) is 0 Å². The van der Waals surface area contributed by atoms with E-state index in [1.54, 1.807) is 4.90 Å². The van der Waals surface area contributed by atoms with E-state index in [0.29, 0.717) is 45.6 Å². The van der Waals surface area contributed by atoms with Gasteiger partial charge in [-0.3, -0.25) is 9.59 Å². The number of aryl methyl sites for hydroxylation is 1. The van der Waals surface area contributed by atoms with Crippen molar-refractivity contribution in [2.45, 2.75) is 32.6 Å². The summed E-state index contributed by atoms with van der Waals surface area (Å²) in [6, 6.07) is 5.75. The molecular weight excluding hydrogens is 332 g/mol. The Morgan fingerprint density at radius 3 is 2.58 bits per heavy atom. The van der Waals surface area contributed by atoms with Crippen LogP contribution in [0.15, 0.2) is 18.2 Å². The van der Waals surface area contributed by atoms with E-state index in [1.807, 2.05) is 30.0 Å². The van der Waals surface area contributed by atoms with Crippen molar-refractivity contribution in [2.75, 3.05) is 38.0 Å². The third kappa shape index (κ3) is 4.33. The molecule has 0 atom stereocenters.